The highest BCUT2D eigenvalue weighted by atomic mass is 35.5. The maximum Gasteiger partial charge on any atom is 0.239 e. The molecule has 2 amide bonds. The maximum atomic E-state index is 12.8. The van der Waals surface area contributed by atoms with Crippen molar-refractivity contribution in [3.05, 3.63) is 18.2 Å². The van der Waals surface area contributed by atoms with Gasteiger partial charge in [-0.15, -0.1) is 12.4 Å². The number of rotatable bonds is 3. The number of hydrogen-bond donors (Lipinski definition) is 2. The zero-order valence-corrected chi connectivity index (χ0v) is 16.2. The summed E-state index contributed by atoms with van der Waals surface area (Å²) in [5.41, 5.74) is 0.752. The van der Waals surface area contributed by atoms with Crippen molar-refractivity contribution < 1.29 is 19.1 Å². The second-order valence-electron chi connectivity index (χ2n) is 7.16. The van der Waals surface area contributed by atoms with E-state index in [1.165, 1.54) is 0 Å². The summed E-state index contributed by atoms with van der Waals surface area (Å²) in [7, 11) is 0. The van der Waals surface area contributed by atoms with Crippen molar-refractivity contribution in [2.45, 2.75) is 38.3 Å². The monoisotopic (exact) mass is 395 g/mol. The Balaban J connectivity index is 0.00000210. The highest BCUT2D eigenvalue weighted by Crippen LogP contribution is 2.36. The van der Waals surface area contributed by atoms with Gasteiger partial charge in [-0.3, -0.25) is 9.59 Å². The van der Waals surface area contributed by atoms with Gasteiger partial charge in [0, 0.05) is 30.4 Å². The molecule has 0 bridgehead atoms. The van der Waals surface area contributed by atoms with Crippen LogP contribution in [0.4, 0.5) is 5.69 Å². The van der Waals surface area contributed by atoms with Crippen LogP contribution in [0.25, 0.3) is 0 Å². The van der Waals surface area contributed by atoms with E-state index in [-0.39, 0.29) is 36.3 Å². The molecule has 8 heteroatoms. The van der Waals surface area contributed by atoms with Crippen molar-refractivity contribution in [1.82, 2.24) is 10.6 Å². The first-order valence-corrected chi connectivity index (χ1v) is 9.38. The van der Waals surface area contributed by atoms with Gasteiger partial charge in [0.15, 0.2) is 11.5 Å². The van der Waals surface area contributed by atoms with Gasteiger partial charge >= 0.3 is 0 Å². The fourth-order valence-electron chi connectivity index (χ4n) is 3.90. The topological polar surface area (TPSA) is 79.9 Å². The molecule has 0 radical (unpaired) electrons. The predicted molar refractivity (Wildman–Crippen MR) is 104 cm³/mol. The van der Waals surface area contributed by atoms with Crippen LogP contribution < -0.4 is 25.0 Å². The van der Waals surface area contributed by atoms with Crippen LogP contribution in [-0.4, -0.2) is 50.2 Å². The molecular weight excluding hydrogens is 370 g/mol. The maximum absolute atomic E-state index is 12.8. The number of nitrogens with one attached hydrogen (secondary N) is 2. The Hall–Kier alpha value is -1.99. The number of amides is 2. The first kappa shape index (κ1) is 19.8. The Morgan fingerprint density at radius 3 is 2.78 bits per heavy atom. The standard InChI is InChI=1S/C19H25N3O4.ClH/c1-12-15(3-2-7-20-12)21-18(23)14-6-8-22(19(14)24)13-4-5-16-17(11-13)26-10-9-25-16;/h4-5,11-12,14-15,20H,2-3,6-10H2,1H3,(H,21,23);1H. The highest BCUT2D eigenvalue weighted by Gasteiger charge is 2.39. The van der Waals surface area contributed by atoms with E-state index in [9.17, 15) is 9.59 Å². The number of nitrogens with zero attached hydrogens (tertiary/aromatic N) is 1. The van der Waals surface area contributed by atoms with Crippen LogP contribution in [0.2, 0.25) is 0 Å². The molecule has 1 aromatic carbocycles. The number of ether oxygens (including phenoxy) is 2. The second-order valence-corrected chi connectivity index (χ2v) is 7.16. The number of halogens is 1. The third-order valence-corrected chi connectivity index (χ3v) is 5.45. The van der Waals surface area contributed by atoms with Crippen molar-refractivity contribution >= 4 is 29.9 Å². The minimum Gasteiger partial charge on any atom is -0.486 e. The van der Waals surface area contributed by atoms with Gasteiger partial charge in [0.2, 0.25) is 11.8 Å². The lowest BCUT2D eigenvalue weighted by atomic mass is 9.98. The van der Waals surface area contributed by atoms with Gasteiger partial charge in [-0.1, -0.05) is 0 Å². The van der Waals surface area contributed by atoms with Gasteiger partial charge < -0.3 is 25.0 Å². The van der Waals surface area contributed by atoms with Crippen LogP contribution in [-0.2, 0) is 9.59 Å². The SMILES string of the molecule is CC1NCCCC1NC(=O)C1CCN(c2ccc3c(c2)OCCO3)C1=O.Cl. The van der Waals surface area contributed by atoms with Crippen LogP contribution in [0.5, 0.6) is 11.5 Å². The summed E-state index contributed by atoms with van der Waals surface area (Å²) in [5.74, 6) is 0.430. The Morgan fingerprint density at radius 1 is 1.22 bits per heavy atom. The van der Waals surface area contributed by atoms with E-state index in [0.29, 0.717) is 37.7 Å². The molecule has 4 rings (SSSR count). The molecule has 0 spiro atoms. The molecule has 1 aromatic rings. The van der Waals surface area contributed by atoms with Crippen molar-refractivity contribution in [1.29, 1.82) is 0 Å². The molecular formula is C19H26ClN3O4. The Labute approximate surface area is 165 Å². The van der Waals surface area contributed by atoms with E-state index in [0.717, 1.165) is 25.1 Å². The molecule has 0 saturated carbocycles. The number of hydrogen-bond acceptors (Lipinski definition) is 5. The van der Waals surface area contributed by atoms with Gasteiger partial charge in [0.25, 0.3) is 0 Å². The number of anilines is 1. The van der Waals surface area contributed by atoms with E-state index < -0.39 is 5.92 Å². The van der Waals surface area contributed by atoms with Crippen LogP contribution in [0.1, 0.15) is 26.2 Å². The van der Waals surface area contributed by atoms with Crippen molar-refractivity contribution in [2.75, 3.05) is 31.2 Å². The molecule has 3 unspecified atom stereocenters. The number of fused-ring (bicyclic) bond motifs is 1. The molecule has 7 nitrogen and oxygen atoms in total. The minimum atomic E-state index is -0.614. The lowest BCUT2D eigenvalue weighted by molar-refractivity contribution is -0.132. The lowest BCUT2D eigenvalue weighted by Crippen LogP contribution is -2.53. The molecule has 0 aliphatic carbocycles. The molecule has 2 saturated heterocycles. The molecule has 2 N–H and O–H groups in total. The number of benzene rings is 1. The summed E-state index contributed by atoms with van der Waals surface area (Å²) in [6, 6.07) is 5.81. The summed E-state index contributed by atoms with van der Waals surface area (Å²) >= 11 is 0. The number of carbonyl (C=O) groups is 2. The molecule has 148 valence electrons. The van der Waals surface area contributed by atoms with Crippen LogP contribution in [0.3, 0.4) is 0 Å². The van der Waals surface area contributed by atoms with Crippen LogP contribution >= 0.6 is 12.4 Å². The molecule has 2 fully saturated rings. The Kier molecular flexibility index (Phi) is 6.11. The third-order valence-electron chi connectivity index (χ3n) is 5.45. The molecule has 3 atom stereocenters. The molecule has 3 aliphatic heterocycles. The van der Waals surface area contributed by atoms with E-state index in [2.05, 4.69) is 17.6 Å². The number of piperidine rings is 1. The van der Waals surface area contributed by atoms with E-state index in [4.69, 9.17) is 9.47 Å². The first-order chi connectivity index (χ1) is 12.6. The Morgan fingerprint density at radius 2 is 2.00 bits per heavy atom. The zero-order valence-electron chi connectivity index (χ0n) is 15.4. The van der Waals surface area contributed by atoms with Gasteiger partial charge in [0.05, 0.1) is 0 Å². The zero-order chi connectivity index (χ0) is 18.1. The summed E-state index contributed by atoms with van der Waals surface area (Å²) in [4.78, 5) is 27.1. The second kappa shape index (κ2) is 8.35. The average Bonchev–Trinajstić information content (AvgIpc) is 3.05. The smallest absolute Gasteiger partial charge is 0.239 e. The minimum absolute atomic E-state index is 0. The summed E-state index contributed by atoms with van der Waals surface area (Å²) in [6.07, 6.45) is 2.53. The van der Waals surface area contributed by atoms with Crippen molar-refractivity contribution in [3.63, 3.8) is 0 Å². The van der Waals surface area contributed by atoms with E-state index in [1.807, 2.05) is 18.2 Å². The summed E-state index contributed by atoms with van der Waals surface area (Å²) in [5, 5.41) is 6.44. The van der Waals surface area contributed by atoms with Gasteiger partial charge in [-0.2, -0.15) is 0 Å². The lowest BCUT2D eigenvalue weighted by Gasteiger charge is -2.31. The van der Waals surface area contributed by atoms with E-state index in [1.54, 1.807) is 4.90 Å². The summed E-state index contributed by atoms with van der Waals surface area (Å²) in [6.45, 7) is 4.62. The van der Waals surface area contributed by atoms with Gasteiger partial charge in [0.1, 0.15) is 19.1 Å². The van der Waals surface area contributed by atoms with Gasteiger partial charge in [-0.05, 0) is 44.9 Å². The molecule has 3 aliphatic rings. The van der Waals surface area contributed by atoms with Gasteiger partial charge in [-0.25, -0.2) is 0 Å². The molecule has 3 heterocycles. The van der Waals surface area contributed by atoms with E-state index >= 15 is 0 Å². The largest absolute Gasteiger partial charge is 0.486 e. The van der Waals surface area contributed by atoms with Crippen molar-refractivity contribution in [3.8, 4) is 11.5 Å². The average molecular weight is 396 g/mol. The quantitative estimate of drug-likeness (QED) is 0.758. The molecule has 27 heavy (non-hydrogen) atoms. The summed E-state index contributed by atoms with van der Waals surface area (Å²) < 4.78 is 11.1. The Bertz CT molecular complexity index is 714. The van der Waals surface area contributed by atoms with Crippen molar-refractivity contribution in [2.24, 2.45) is 5.92 Å². The highest BCUT2D eigenvalue weighted by molar-refractivity contribution is 6.09. The normalized spacial score (nSPS) is 27.1. The predicted octanol–water partition coefficient (Wildman–Crippen LogP) is 1.49. The third kappa shape index (κ3) is 3.99. The fourth-order valence-corrected chi connectivity index (χ4v) is 3.90. The fraction of sp³-hybridized carbons (Fsp3) is 0.579. The number of carbonyl (C=O) groups excluding carboxylic acids is 2. The molecule has 0 aromatic heterocycles. The van der Waals surface area contributed by atoms with Crippen LogP contribution in [0.15, 0.2) is 18.2 Å². The first-order valence-electron chi connectivity index (χ1n) is 9.38. The van der Waals surface area contributed by atoms with Crippen LogP contribution in [0, 0.1) is 5.92 Å².